The molecule has 0 N–H and O–H groups in total. The molecule has 144 valence electrons. The molecule has 0 bridgehead atoms. The Morgan fingerprint density at radius 1 is 1.21 bits per heavy atom. The fourth-order valence-corrected chi connectivity index (χ4v) is 6.02. The Morgan fingerprint density at radius 3 is 2.61 bits per heavy atom. The number of nitriles is 1. The van der Waals surface area contributed by atoms with Gasteiger partial charge >= 0.3 is 5.97 Å². The number of ether oxygens (including phenoxy) is 3. The number of hydrogen-bond acceptors (Lipinski definition) is 7. The lowest BCUT2D eigenvalue weighted by atomic mass is 10.0. The van der Waals surface area contributed by atoms with Crippen LogP contribution in [0.25, 0.3) is 0 Å². The van der Waals surface area contributed by atoms with E-state index in [-0.39, 0.29) is 18.3 Å². The Morgan fingerprint density at radius 2 is 1.93 bits per heavy atom. The minimum Gasteiger partial charge on any atom is -0.465 e. The summed E-state index contributed by atoms with van der Waals surface area (Å²) in [5.74, 6) is -0.706. The van der Waals surface area contributed by atoms with Crippen molar-refractivity contribution in [1.82, 2.24) is 0 Å². The highest BCUT2D eigenvalue weighted by Gasteiger charge is 2.77. The predicted molar refractivity (Wildman–Crippen MR) is 97.4 cm³/mol. The minimum atomic E-state index is -3.96. The molecule has 0 unspecified atom stereocenters. The van der Waals surface area contributed by atoms with Crippen LogP contribution in [0, 0.1) is 16.7 Å². The summed E-state index contributed by atoms with van der Waals surface area (Å²) in [4.78, 5) is 12.8. The summed E-state index contributed by atoms with van der Waals surface area (Å²) < 4.78 is 42.3. The fourth-order valence-electron chi connectivity index (χ4n) is 3.75. The van der Waals surface area contributed by atoms with E-state index in [2.05, 4.69) is 0 Å². The highest BCUT2D eigenvalue weighted by Crippen LogP contribution is 2.65. The lowest BCUT2D eigenvalue weighted by molar-refractivity contribution is -0.147. The van der Waals surface area contributed by atoms with Crippen LogP contribution in [0.4, 0.5) is 0 Å². The van der Waals surface area contributed by atoms with Gasteiger partial charge in [-0.25, -0.2) is 8.42 Å². The number of rotatable bonds is 5. The number of hydrogen-bond donors (Lipinski definition) is 0. The van der Waals surface area contributed by atoms with Crippen molar-refractivity contribution in [3.05, 3.63) is 54.1 Å². The van der Waals surface area contributed by atoms with Gasteiger partial charge < -0.3 is 14.2 Å². The lowest BCUT2D eigenvalue weighted by Gasteiger charge is -2.09. The van der Waals surface area contributed by atoms with Crippen LogP contribution in [-0.4, -0.2) is 33.0 Å². The van der Waals surface area contributed by atoms with Crippen LogP contribution >= 0.6 is 0 Å². The first-order chi connectivity index (χ1) is 13.5. The van der Waals surface area contributed by atoms with Gasteiger partial charge in [-0.15, -0.1) is 0 Å². The van der Waals surface area contributed by atoms with Crippen molar-refractivity contribution in [2.45, 2.75) is 23.0 Å². The van der Waals surface area contributed by atoms with Crippen molar-refractivity contribution in [3.63, 3.8) is 0 Å². The molecular formula is C20H17NO6S. The van der Waals surface area contributed by atoms with Gasteiger partial charge in [-0.2, -0.15) is 5.26 Å². The fraction of sp³-hybridized carbons (Fsp3) is 0.300. The van der Waals surface area contributed by atoms with Crippen molar-refractivity contribution in [3.8, 4) is 17.6 Å². The average Bonchev–Trinajstić information content (AvgIpc) is 3.21. The highest BCUT2D eigenvalue weighted by molar-refractivity contribution is 7.92. The van der Waals surface area contributed by atoms with Crippen molar-refractivity contribution in [1.29, 1.82) is 5.26 Å². The molecule has 8 heteroatoms. The number of fused-ring (bicyclic) bond motifs is 1. The molecule has 0 saturated heterocycles. The van der Waals surface area contributed by atoms with Crippen LogP contribution < -0.4 is 9.47 Å². The maximum Gasteiger partial charge on any atom is 0.328 e. The molecule has 0 aromatic heterocycles. The van der Waals surface area contributed by atoms with E-state index >= 15 is 0 Å². The molecule has 1 fully saturated rings. The molecule has 1 aliphatic heterocycles. The van der Waals surface area contributed by atoms with E-state index in [1.54, 1.807) is 43.3 Å². The SMILES string of the molecule is CCOC(=O)[C@]1(C#N)[C@@H](c2ccc3c(c2)OCO3)[C@@H]1S(=O)(=O)c1ccccc1. The zero-order valence-corrected chi connectivity index (χ0v) is 15.8. The van der Waals surface area contributed by atoms with Crippen molar-refractivity contribution in [2.75, 3.05) is 13.4 Å². The number of nitrogens with zero attached hydrogens (tertiary/aromatic N) is 1. The normalized spacial score (nSPS) is 25.0. The Hall–Kier alpha value is -3.05. The van der Waals surface area contributed by atoms with Crippen LogP contribution in [0.5, 0.6) is 11.5 Å². The Kier molecular flexibility index (Phi) is 4.27. The first-order valence-electron chi connectivity index (χ1n) is 8.73. The zero-order chi connectivity index (χ0) is 19.9. The van der Waals surface area contributed by atoms with Crippen molar-refractivity contribution < 1.29 is 27.4 Å². The molecule has 2 aromatic carbocycles. The average molecular weight is 399 g/mol. The van der Waals surface area contributed by atoms with E-state index in [0.717, 1.165) is 0 Å². The van der Waals surface area contributed by atoms with Crippen LogP contribution in [0.3, 0.4) is 0 Å². The molecule has 0 spiro atoms. The summed E-state index contributed by atoms with van der Waals surface area (Å²) >= 11 is 0. The maximum atomic E-state index is 13.3. The minimum absolute atomic E-state index is 0.0498. The van der Waals surface area contributed by atoms with Gasteiger partial charge in [0.1, 0.15) is 5.25 Å². The number of sulfone groups is 1. The van der Waals surface area contributed by atoms with Gasteiger partial charge in [0, 0.05) is 5.92 Å². The summed E-state index contributed by atoms with van der Waals surface area (Å²) in [6.07, 6.45) is 0. The zero-order valence-electron chi connectivity index (χ0n) is 15.0. The first-order valence-corrected chi connectivity index (χ1v) is 10.3. The summed E-state index contributed by atoms with van der Waals surface area (Å²) in [6.45, 7) is 1.73. The summed E-state index contributed by atoms with van der Waals surface area (Å²) in [5, 5.41) is 8.64. The highest BCUT2D eigenvalue weighted by atomic mass is 32.2. The second-order valence-corrected chi connectivity index (χ2v) is 8.64. The predicted octanol–water partition coefficient (Wildman–Crippen LogP) is 2.43. The maximum absolute atomic E-state index is 13.3. The van der Waals surface area contributed by atoms with Crippen LogP contribution in [0.15, 0.2) is 53.4 Å². The van der Waals surface area contributed by atoms with E-state index in [0.29, 0.717) is 17.1 Å². The van der Waals surface area contributed by atoms with Gasteiger partial charge in [0.2, 0.25) is 6.79 Å². The molecule has 2 aliphatic rings. The second kappa shape index (κ2) is 6.53. The third kappa shape index (κ3) is 2.54. The van der Waals surface area contributed by atoms with Gasteiger partial charge in [-0.1, -0.05) is 24.3 Å². The third-order valence-corrected chi connectivity index (χ3v) is 7.33. The lowest BCUT2D eigenvalue weighted by Crippen LogP contribution is -2.25. The van der Waals surface area contributed by atoms with E-state index in [4.69, 9.17) is 14.2 Å². The third-order valence-electron chi connectivity index (χ3n) is 5.09. The van der Waals surface area contributed by atoms with E-state index in [1.165, 1.54) is 12.1 Å². The molecule has 7 nitrogen and oxygen atoms in total. The van der Waals surface area contributed by atoms with Crippen LogP contribution in [0.1, 0.15) is 18.4 Å². The second-order valence-electron chi connectivity index (χ2n) is 6.57. The Balaban J connectivity index is 1.83. The van der Waals surface area contributed by atoms with Crippen molar-refractivity contribution in [2.24, 2.45) is 5.41 Å². The summed E-state index contributed by atoms with van der Waals surface area (Å²) in [6, 6.07) is 14.7. The first kappa shape index (κ1) is 18.3. The molecule has 0 amide bonds. The van der Waals surface area contributed by atoms with E-state index in [9.17, 15) is 18.5 Å². The molecule has 3 atom stereocenters. The molecule has 1 aliphatic carbocycles. The van der Waals surface area contributed by atoms with Crippen LogP contribution in [-0.2, 0) is 19.4 Å². The standard InChI is InChI=1S/C20H17NO6S/c1-2-25-19(22)20(11-21)17(13-8-9-15-16(10-13)27-12-26-15)18(20)28(23,24)14-6-4-3-5-7-14/h3-10,17-18H,2,12H2,1H3/t17-,18-,20+/m0/s1. The molecule has 1 saturated carbocycles. The monoisotopic (exact) mass is 399 g/mol. The molecule has 0 radical (unpaired) electrons. The smallest absolute Gasteiger partial charge is 0.328 e. The topological polar surface area (TPSA) is 103 Å². The van der Waals surface area contributed by atoms with E-state index in [1.807, 2.05) is 6.07 Å². The molecule has 28 heavy (non-hydrogen) atoms. The van der Waals surface area contributed by atoms with Gasteiger partial charge in [0.25, 0.3) is 0 Å². The van der Waals surface area contributed by atoms with Gasteiger partial charge in [-0.05, 0) is 36.8 Å². The van der Waals surface area contributed by atoms with Crippen molar-refractivity contribution >= 4 is 15.8 Å². The number of carbonyl (C=O) groups excluding carboxylic acids is 1. The molecule has 4 rings (SSSR count). The Labute approximate surface area is 162 Å². The summed E-state index contributed by atoms with van der Waals surface area (Å²) in [7, 11) is -3.96. The van der Waals surface area contributed by atoms with Crippen LogP contribution in [0.2, 0.25) is 0 Å². The van der Waals surface area contributed by atoms with Gasteiger partial charge in [0.15, 0.2) is 26.8 Å². The number of esters is 1. The molecule has 2 aromatic rings. The Bertz CT molecular complexity index is 1080. The molecule has 1 heterocycles. The summed E-state index contributed by atoms with van der Waals surface area (Å²) in [5.41, 5.74) is -1.29. The number of benzene rings is 2. The van der Waals surface area contributed by atoms with Gasteiger partial charge in [-0.3, -0.25) is 4.79 Å². The molecular weight excluding hydrogens is 382 g/mol. The van der Waals surface area contributed by atoms with Gasteiger partial charge in [0.05, 0.1) is 17.6 Å². The largest absolute Gasteiger partial charge is 0.465 e. The van der Waals surface area contributed by atoms with E-state index < -0.39 is 32.4 Å². The quantitative estimate of drug-likeness (QED) is 0.712. The number of carbonyl (C=O) groups is 1.